The van der Waals surface area contributed by atoms with Crippen molar-refractivity contribution in [3.63, 3.8) is 0 Å². The lowest BCUT2D eigenvalue weighted by atomic mass is 10.0. The Morgan fingerprint density at radius 3 is 2.72 bits per heavy atom. The minimum absolute atomic E-state index is 0.0750. The van der Waals surface area contributed by atoms with Crippen LogP contribution in [0.15, 0.2) is 59.9 Å². The summed E-state index contributed by atoms with van der Waals surface area (Å²) in [5.74, 6) is 0.209. The van der Waals surface area contributed by atoms with Gasteiger partial charge in [-0.2, -0.15) is 9.07 Å². The van der Waals surface area contributed by atoms with Crippen LogP contribution in [0.3, 0.4) is 0 Å². The number of aromatic nitrogens is 8. The summed E-state index contributed by atoms with van der Waals surface area (Å²) >= 11 is 6.26. The quantitative estimate of drug-likeness (QED) is 0.333. The number of hydrogen-bond acceptors (Lipinski definition) is 8. The van der Waals surface area contributed by atoms with Crippen molar-refractivity contribution in [1.82, 2.24) is 39.7 Å². The van der Waals surface area contributed by atoms with Crippen molar-refractivity contribution in [2.24, 2.45) is 0 Å². The number of nitrogens with two attached hydrogens (primary N) is 1. The van der Waals surface area contributed by atoms with E-state index in [4.69, 9.17) is 22.1 Å². The van der Waals surface area contributed by atoms with Crippen molar-refractivity contribution in [3.8, 4) is 33.8 Å². The van der Waals surface area contributed by atoms with Gasteiger partial charge in [-0.1, -0.05) is 11.6 Å². The number of benzene rings is 1. The standard InChI is InChI=1S/C23H19ClFN9O2/c1-12(23-27-9-17(29-23)14-4-6-20(26)30-22(14)25)33-10-19(36-2)16(8-21(33)35)15-7-13(24)3-5-18(15)34-11-28-31-32-34/h3-12H,1-2H3,(H2,26,30)(H,27,29). The highest BCUT2D eigenvalue weighted by molar-refractivity contribution is 6.31. The number of aromatic amines is 1. The van der Waals surface area contributed by atoms with Crippen molar-refractivity contribution in [3.05, 3.63) is 82.3 Å². The van der Waals surface area contributed by atoms with E-state index in [1.54, 1.807) is 31.3 Å². The molecule has 0 radical (unpaired) electrons. The molecule has 1 aromatic carbocycles. The molecule has 0 fully saturated rings. The molecule has 0 bridgehead atoms. The van der Waals surface area contributed by atoms with Gasteiger partial charge in [0.1, 0.15) is 23.7 Å². The lowest BCUT2D eigenvalue weighted by Crippen LogP contribution is -2.24. The molecule has 0 aliphatic heterocycles. The number of tetrazole rings is 1. The Bertz CT molecular complexity index is 1610. The van der Waals surface area contributed by atoms with Gasteiger partial charge in [-0.05, 0) is 47.7 Å². The summed E-state index contributed by atoms with van der Waals surface area (Å²) in [4.78, 5) is 24.3. The topological polar surface area (TPSA) is 142 Å². The number of pyridine rings is 2. The molecule has 5 aromatic rings. The molecular formula is C23H19ClFN9O2. The third-order valence-electron chi connectivity index (χ3n) is 5.68. The van der Waals surface area contributed by atoms with Gasteiger partial charge in [-0.15, -0.1) is 5.10 Å². The molecule has 0 saturated carbocycles. The van der Waals surface area contributed by atoms with Crippen LogP contribution in [0.5, 0.6) is 5.75 Å². The van der Waals surface area contributed by atoms with Gasteiger partial charge < -0.3 is 20.0 Å². The summed E-state index contributed by atoms with van der Waals surface area (Å²) in [5.41, 5.74) is 7.56. The average Bonchev–Trinajstić information content (AvgIpc) is 3.56. The normalized spacial score (nSPS) is 12.0. The fourth-order valence-corrected chi connectivity index (χ4v) is 4.04. The number of hydrogen-bond donors (Lipinski definition) is 2. The minimum atomic E-state index is -0.721. The summed E-state index contributed by atoms with van der Waals surface area (Å²) in [7, 11) is 1.50. The number of nitrogens with zero attached hydrogens (tertiary/aromatic N) is 7. The minimum Gasteiger partial charge on any atom is -0.495 e. The molecule has 182 valence electrons. The lowest BCUT2D eigenvalue weighted by Gasteiger charge is -2.18. The van der Waals surface area contributed by atoms with Gasteiger partial charge in [0.25, 0.3) is 5.56 Å². The number of nitrogens with one attached hydrogen (secondary N) is 1. The van der Waals surface area contributed by atoms with Crippen LogP contribution in [0.4, 0.5) is 10.2 Å². The Morgan fingerprint density at radius 1 is 1.17 bits per heavy atom. The fraction of sp³-hybridized carbons (Fsp3) is 0.130. The largest absolute Gasteiger partial charge is 0.495 e. The Hall–Kier alpha value is -4.58. The maximum Gasteiger partial charge on any atom is 0.252 e. The first-order valence-electron chi connectivity index (χ1n) is 10.7. The highest BCUT2D eigenvalue weighted by Gasteiger charge is 2.20. The Morgan fingerprint density at radius 2 is 2.00 bits per heavy atom. The van der Waals surface area contributed by atoms with E-state index in [0.29, 0.717) is 39.1 Å². The zero-order chi connectivity index (χ0) is 25.4. The number of rotatable bonds is 6. The van der Waals surface area contributed by atoms with Crippen LogP contribution >= 0.6 is 11.6 Å². The highest BCUT2D eigenvalue weighted by atomic mass is 35.5. The zero-order valence-corrected chi connectivity index (χ0v) is 19.8. The number of H-pyrrole nitrogens is 1. The number of imidazole rings is 1. The van der Waals surface area contributed by atoms with Gasteiger partial charge in [0.05, 0.1) is 42.5 Å². The predicted octanol–water partition coefficient (Wildman–Crippen LogP) is 3.27. The molecule has 3 N–H and O–H groups in total. The van der Waals surface area contributed by atoms with Crippen molar-refractivity contribution in [2.75, 3.05) is 12.8 Å². The number of nitrogen functional groups attached to an aromatic ring is 1. The van der Waals surface area contributed by atoms with Crippen LogP contribution in [0, 0.1) is 5.95 Å². The van der Waals surface area contributed by atoms with Gasteiger partial charge >= 0.3 is 0 Å². The molecule has 5 rings (SSSR count). The van der Waals surface area contributed by atoms with E-state index in [9.17, 15) is 9.18 Å². The number of halogens is 2. The Labute approximate surface area is 208 Å². The van der Waals surface area contributed by atoms with E-state index in [0.717, 1.165) is 0 Å². The van der Waals surface area contributed by atoms with Crippen molar-refractivity contribution >= 4 is 17.4 Å². The zero-order valence-electron chi connectivity index (χ0n) is 19.1. The molecule has 1 atom stereocenters. The highest BCUT2D eigenvalue weighted by Crippen LogP contribution is 2.35. The van der Waals surface area contributed by atoms with Crippen LogP contribution in [-0.2, 0) is 0 Å². The van der Waals surface area contributed by atoms with Gasteiger partial charge in [0.2, 0.25) is 5.95 Å². The summed E-state index contributed by atoms with van der Waals surface area (Å²) in [5, 5.41) is 11.8. The summed E-state index contributed by atoms with van der Waals surface area (Å²) in [6.45, 7) is 1.78. The first kappa shape index (κ1) is 23.2. The Kier molecular flexibility index (Phi) is 5.94. The summed E-state index contributed by atoms with van der Waals surface area (Å²) < 4.78 is 22.8. The molecule has 0 aliphatic rings. The molecule has 11 nitrogen and oxygen atoms in total. The van der Waals surface area contributed by atoms with E-state index in [-0.39, 0.29) is 16.9 Å². The molecule has 0 amide bonds. The van der Waals surface area contributed by atoms with E-state index in [1.807, 2.05) is 0 Å². The SMILES string of the molecule is COc1cn(C(C)c2ncc(-c3ccc(N)nc3F)[nH]2)c(=O)cc1-c1cc(Cl)ccc1-n1cnnn1. The molecule has 4 aromatic heterocycles. The third kappa shape index (κ3) is 4.18. The second kappa shape index (κ2) is 9.23. The predicted molar refractivity (Wildman–Crippen MR) is 130 cm³/mol. The first-order chi connectivity index (χ1) is 17.4. The number of ether oxygens (including phenoxy) is 1. The van der Waals surface area contributed by atoms with E-state index >= 15 is 0 Å². The van der Waals surface area contributed by atoms with Crippen molar-refractivity contribution in [1.29, 1.82) is 0 Å². The molecule has 1 unspecified atom stereocenters. The van der Waals surface area contributed by atoms with Gasteiger partial charge in [-0.3, -0.25) is 4.79 Å². The van der Waals surface area contributed by atoms with Crippen LogP contribution < -0.4 is 16.0 Å². The van der Waals surface area contributed by atoms with Gasteiger partial charge in [0.15, 0.2) is 0 Å². The van der Waals surface area contributed by atoms with Gasteiger partial charge in [0, 0.05) is 22.2 Å². The first-order valence-corrected chi connectivity index (χ1v) is 11.0. The lowest BCUT2D eigenvalue weighted by molar-refractivity contribution is 0.407. The van der Waals surface area contributed by atoms with E-state index in [2.05, 4.69) is 30.5 Å². The Balaban J connectivity index is 1.56. The van der Waals surface area contributed by atoms with Crippen LogP contribution in [0.2, 0.25) is 5.02 Å². The van der Waals surface area contributed by atoms with Crippen LogP contribution in [0.25, 0.3) is 28.1 Å². The molecule has 36 heavy (non-hydrogen) atoms. The monoisotopic (exact) mass is 507 g/mol. The molecule has 0 saturated heterocycles. The molecule has 13 heteroatoms. The fourth-order valence-electron chi connectivity index (χ4n) is 3.87. The average molecular weight is 508 g/mol. The second-order valence-corrected chi connectivity index (χ2v) is 8.29. The van der Waals surface area contributed by atoms with Crippen LogP contribution in [-0.4, -0.2) is 46.8 Å². The molecule has 4 heterocycles. The molecular weight excluding hydrogens is 489 g/mol. The number of methoxy groups -OCH3 is 1. The maximum absolute atomic E-state index is 14.3. The van der Waals surface area contributed by atoms with Gasteiger partial charge in [-0.25, -0.2) is 9.97 Å². The van der Waals surface area contributed by atoms with Crippen molar-refractivity contribution in [2.45, 2.75) is 13.0 Å². The van der Waals surface area contributed by atoms with E-state index in [1.165, 1.54) is 47.1 Å². The number of anilines is 1. The summed E-state index contributed by atoms with van der Waals surface area (Å²) in [6, 6.07) is 9.08. The maximum atomic E-state index is 14.3. The third-order valence-corrected chi connectivity index (χ3v) is 5.91. The van der Waals surface area contributed by atoms with Crippen molar-refractivity contribution < 1.29 is 9.13 Å². The molecule has 0 aliphatic carbocycles. The second-order valence-electron chi connectivity index (χ2n) is 7.85. The van der Waals surface area contributed by atoms with Crippen LogP contribution in [0.1, 0.15) is 18.8 Å². The smallest absolute Gasteiger partial charge is 0.252 e. The van der Waals surface area contributed by atoms with E-state index < -0.39 is 12.0 Å². The molecule has 0 spiro atoms. The summed E-state index contributed by atoms with van der Waals surface area (Å²) in [6.07, 6.45) is 4.50.